The lowest BCUT2D eigenvalue weighted by molar-refractivity contribution is 0.166. The highest BCUT2D eigenvalue weighted by atomic mass is 16.3. The Morgan fingerprint density at radius 2 is 2.28 bits per heavy atom. The second kappa shape index (κ2) is 5.82. The van der Waals surface area contributed by atoms with E-state index < -0.39 is 6.10 Å². The lowest BCUT2D eigenvalue weighted by Gasteiger charge is -2.08. The normalized spacial score (nSPS) is 12.8. The van der Waals surface area contributed by atoms with E-state index in [0.29, 0.717) is 6.42 Å². The van der Waals surface area contributed by atoms with E-state index in [1.165, 1.54) is 0 Å². The fourth-order valence-electron chi connectivity index (χ4n) is 1.97. The Balaban J connectivity index is 1.90. The monoisotopic (exact) mass is 248 g/mol. The molecule has 98 valence electrons. The number of rotatable bonds is 6. The molecule has 0 aliphatic carbocycles. The van der Waals surface area contributed by atoms with Crippen LogP contribution in [0.15, 0.2) is 24.8 Å². The van der Waals surface area contributed by atoms with Crippen molar-refractivity contribution < 1.29 is 5.11 Å². The number of aromatic nitrogens is 4. The van der Waals surface area contributed by atoms with Crippen LogP contribution in [0.2, 0.25) is 0 Å². The smallest absolute Gasteiger partial charge is 0.108 e. The second-order valence-corrected chi connectivity index (χ2v) is 4.55. The fraction of sp³-hybridized carbons (Fsp3) is 0.538. The third-order valence-electron chi connectivity index (χ3n) is 3.05. The van der Waals surface area contributed by atoms with Crippen LogP contribution in [0.3, 0.4) is 0 Å². The zero-order valence-electron chi connectivity index (χ0n) is 11.0. The van der Waals surface area contributed by atoms with Crippen molar-refractivity contribution in [1.82, 2.24) is 19.3 Å². The van der Waals surface area contributed by atoms with Gasteiger partial charge in [-0.15, -0.1) is 0 Å². The molecular weight excluding hydrogens is 228 g/mol. The van der Waals surface area contributed by atoms with Gasteiger partial charge in [-0.3, -0.25) is 4.68 Å². The van der Waals surface area contributed by atoms with E-state index in [-0.39, 0.29) is 0 Å². The molecule has 1 N–H and O–H groups in total. The zero-order valence-corrected chi connectivity index (χ0v) is 11.0. The van der Waals surface area contributed by atoms with E-state index >= 15 is 0 Å². The Kier molecular flexibility index (Phi) is 4.15. The molecule has 18 heavy (non-hydrogen) atoms. The van der Waals surface area contributed by atoms with Crippen molar-refractivity contribution in [3.8, 4) is 0 Å². The van der Waals surface area contributed by atoms with Gasteiger partial charge in [-0.2, -0.15) is 5.10 Å². The predicted octanol–water partition coefficient (Wildman–Crippen LogP) is 1.69. The van der Waals surface area contributed by atoms with Gasteiger partial charge in [0.2, 0.25) is 0 Å². The van der Waals surface area contributed by atoms with Gasteiger partial charge in [-0.1, -0.05) is 6.92 Å². The molecule has 0 saturated heterocycles. The Morgan fingerprint density at radius 3 is 2.94 bits per heavy atom. The molecule has 2 heterocycles. The highest BCUT2D eigenvalue weighted by Crippen LogP contribution is 2.17. The van der Waals surface area contributed by atoms with Crippen LogP contribution in [0, 0.1) is 0 Å². The quantitative estimate of drug-likeness (QED) is 0.846. The van der Waals surface area contributed by atoms with Crippen molar-refractivity contribution >= 4 is 0 Å². The van der Waals surface area contributed by atoms with Crippen LogP contribution in [0.5, 0.6) is 0 Å². The third kappa shape index (κ3) is 2.98. The van der Waals surface area contributed by atoms with Crippen LogP contribution in [0.1, 0.15) is 37.3 Å². The number of imidazole rings is 1. The SMILES string of the molecule is CCCn1cc(C(O)CCc2nccn2C)cn1. The van der Waals surface area contributed by atoms with Crippen molar-refractivity contribution in [2.45, 2.75) is 38.8 Å². The van der Waals surface area contributed by atoms with Crippen LogP contribution in [-0.2, 0) is 20.0 Å². The van der Waals surface area contributed by atoms with E-state index in [4.69, 9.17) is 0 Å². The molecule has 0 aliphatic rings. The maximum Gasteiger partial charge on any atom is 0.108 e. The minimum Gasteiger partial charge on any atom is -0.388 e. The van der Waals surface area contributed by atoms with E-state index in [1.54, 1.807) is 12.4 Å². The number of hydrogen-bond acceptors (Lipinski definition) is 3. The summed E-state index contributed by atoms with van der Waals surface area (Å²) in [5.74, 6) is 0.995. The highest BCUT2D eigenvalue weighted by molar-refractivity contribution is 5.08. The molecule has 2 aromatic heterocycles. The first kappa shape index (κ1) is 12.8. The molecule has 5 nitrogen and oxygen atoms in total. The Bertz CT molecular complexity index is 489. The number of aliphatic hydroxyl groups is 1. The molecule has 0 aromatic carbocycles. The van der Waals surface area contributed by atoms with Crippen molar-refractivity contribution in [2.24, 2.45) is 7.05 Å². The lowest BCUT2D eigenvalue weighted by Crippen LogP contribution is -2.03. The van der Waals surface area contributed by atoms with Gasteiger partial charge >= 0.3 is 0 Å². The fourth-order valence-corrected chi connectivity index (χ4v) is 1.97. The maximum atomic E-state index is 10.1. The summed E-state index contributed by atoms with van der Waals surface area (Å²) >= 11 is 0. The molecule has 0 amide bonds. The zero-order chi connectivity index (χ0) is 13.0. The van der Waals surface area contributed by atoms with Gasteiger partial charge in [0.05, 0.1) is 12.3 Å². The van der Waals surface area contributed by atoms with Crippen LogP contribution in [-0.4, -0.2) is 24.4 Å². The molecule has 0 bridgehead atoms. The van der Waals surface area contributed by atoms with Gasteiger partial charge in [0.1, 0.15) is 5.82 Å². The van der Waals surface area contributed by atoms with Gasteiger partial charge in [0, 0.05) is 44.2 Å². The average molecular weight is 248 g/mol. The number of hydrogen-bond donors (Lipinski definition) is 1. The van der Waals surface area contributed by atoms with Gasteiger partial charge in [0.25, 0.3) is 0 Å². The van der Waals surface area contributed by atoms with Crippen molar-refractivity contribution in [3.63, 3.8) is 0 Å². The maximum absolute atomic E-state index is 10.1. The minimum atomic E-state index is -0.465. The topological polar surface area (TPSA) is 55.9 Å². The van der Waals surface area contributed by atoms with Crippen molar-refractivity contribution in [3.05, 3.63) is 36.2 Å². The summed E-state index contributed by atoms with van der Waals surface area (Å²) in [6.45, 7) is 3.00. The summed E-state index contributed by atoms with van der Waals surface area (Å²) in [5.41, 5.74) is 0.887. The van der Waals surface area contributed by atoms with Gasteiger partial charge in [0.15, 0.2) is 0 Å². The molecule has 2 rings (SSSR count). The molecule has 0 spiro atoms. The van der Waals surface area contributed by atoms with E-state index in [9.17, 15) is 5.11 Å². The first-order valence-electron chi connectivity index (χ1n) is 6.37. The molecule has 1 unspecified atom stereocenters. The Morgan fingerprint density at radius 1 is 1.44 bits per heavy atom. The van der Waals surface area contributed by atoms with Gasteiger partial charge in [-0.25, -0.2) is 4.98 Å². The molecule has 0 saturated carbocycles. The average Bonchev–Trinajstić information content (AvgIpc) is 2.96. The first-order valence-corrected chi connectivity index (χ1v) is 6.37. The second-order valence-electron chi connectivity index (χ2n) is 4.55. The van der Waals surface area contributed by atoms with Crippen LogP contribution in [0.25, 0.3) is 0 Å². The summed E-state index contributed by atoms with van der Waals surface area (Å²) < 4.78 is 3.85. The van der Waals surface area contributed by atoms with Crippen LogP contribution >= 0.6 is 0 Å². The molecule has 0 radical (unpaired) electrons. The van der Waals surface area contributed by atoms with Crippen molar-refractivity contribution in [2.75, 3.05) is 0 Å². The first-order chi connectivity index (χ1) is 8.70. The minimum absolute atomic E-state index is 0.465. The predicted molar refractivity (Wildman–Crippen MR) is 69.0 cm³/mol. The molecule has 0 aliphatic heterocycles. The number of aryl methyl sites for hydroxylation is 3. The number of nitrogens with zero attached hydrogens (tertiary/aromatic N) is 4. The van der Waals surface area contributed by atoms with Crippen LogP contribution < -0.4 is 0 Å². The summed E-state index contributed by atoms with van der Waals surface area (Å²) in [5, 5.41) is 14.3. The summed E-state index contributed by atoms with van der Waals surface area (Å²) in [6.07, 6.45) is 9.39. The molecular formula is C13H20N4O. The molecule has 0 fully saturated rings. The van der Waals surface area contributed by atoms with Crippen LogP contribution in [0.4, 0.5) is 0 Å². The standard InChI is InChI=1S/C13H20N4O/c1-3-7-17-10-11(9-15-17)12(18)4-5-13-14-6-8-16(13)2/h6,8-10,12,18H,3-5,7H2,1-2H3. The lowest BCUT2D eigenvalue weighted by atomic mass is 10.1. The van der Waals surface area contributed by atoms with E-state index in [0.717, 1.165) is 30.8 Å². The summed E-state index contributed by atoms with van der Waals surface area (Å²) in [4.78, 5) is 4.25. The molecule has 1 atom stereocenters. The van der Waals surface area contributed by atoms with Gasteiger partial charge in [-0.05, 0) is 12.8 Å². The summed E-state index contributed by atoms with van der Waals surface area (Å²) in [7, 11) is 1.97. The Labute approximate surface area is 107 Å². The number of aliphatic hydroxyl groups excluding tert-OH is 1. The molecule has 5 heteroatoms. The summed E-state index contributed by atoms with van der Waals surface area (Å²) in [6, 6.07) is 0. The van der Waals surface area contributed by atoms with Gasteiger partial charge < -0.3 is 9.67 Å². The molecule has 2 aromatic rings. The van der Waals surface area contributed by atoms with E-state index in [1.807, 2.05) is 28.7 Å². The third-order valence-corrected chi connectivity index (χ3v) is 3.05. The largest absolute Gasteiger partial charge is 0.388 e. The highest BCUT2D eigenvalue weighted by Gasteiger charge is 2.11. The van der Waals surface area contributed by atoms with E-state index in [2.05, 4.69) is 17.0 Å². The van der Waals surface area contributed by atoms with Crippen molar-refractivity contribution in [1.29, 1.82) is 0 Å². The Hall–Kier alpha value is -1.62.